The second kappa shape index (κ2) is 56.7. The van der Waals surface area contributed by atoms with Crippen LogP contribution in [0.1, 0.15) is 303 Å². The number of esters is 2. The van der Waals surface area contributed by atoms with Crippen molar-refractivity contribution >= 4 is 19.8 Å². The Kier molecular flexibility index (Phi) is 55.1. The summed E-state index contributed by atoms with van der Waals surface area (Å²) in [5.41, 5.74) is 0. The monoisotopic (exact) mass is 1080 g/mol. The van der Waals surface area contributed by atoms with Gasteiger partial charge in [0.15, 0.2) is 6.10 Å². The lowest BCUT2D eigenvalue weighted by Crippen LogP contribution is -2.37. The fourth-order valence-electron chi connectivity index (χ4n) is 9.13. The van der Waals surface area contributed by atoms with E-state index in [1.807, 2.05) is 21.1 Å². The smallest absolute Gasteiger partial charge is 0.306 e. The number of hydrogen-bond donors (Lipinski definition) is 0. The topological polar surface area (TPSA) is 111 Å². The molecular weight excluding hydrogens is 954 g/mol. The first-order valence-corrected chi connectivity index (χ1v) is 33.3. The highest BCUT2D eigenvalue weighted by Crippen LogP contribution is 2.38. The van der Waals surface area contributed by atoms with E-state index in [2.05, 4.69) is 62.5 Å². The SMILES string of the molecule is CCCCCCC/C=C\C/C=C\C/C=C\CCCCCCCCCCCCCCCCCCCCC(=O)OC(COC(=O)CCCCCCCCC/C=C\CCCCCCCCC)COP(=O)([O-])OCC[N+](C)(C)C. The van der Waals surface area contributed by atoms with Crippen molar-refractivity contribution in [1.29, 1.82) is 0 Å². The molecule has 0 radical (unpaired) electrons. The van der Waals surface area contributed by atoms with Crippen molar-refractivity contribution in [2.24, 2.45) is 0 Å². The third kappa shape index (κ3) is 61.1. The Morgan fingerprint density at radius 1 is 0.413 bits per heavy atom. The fraction of sp³-hybridized carbons (Fsp3) is 0.846. The van der Waals surface area contributed by atoms with Gasteiger partial charge in [-0.2, -0.15) is 0 Å². The fourth-order valence-corrected chi connectivity index (χ4v) is 9.86. The van der Waals surface area contributed by atoms with E-state index >= 15 is 0 Å². The number of quaternary nitrogens is 1. The van der Waals surface area contributed by atoms with Gasteiger partial charge in [0, 0.05) is 12.8 Å². The highest BCUT2D eigenvalue weighted by Gasteiger charge is 2.22. The van der Waals surface area contributed by atoms with Gasteiger partial charge in [0.2, 0.25) is 0 Å². The number of carbonyl (C=O) groups excluding carboxylic acids is 2. The summed E-state index contributed by atoms with van der Waals surface area (Å²) < 4.78 is 34.2. The number of unbranched alkanes of at least 4 members (excludes halogenated alkanes) is 37. The third-order valence-corrected chi connectivity index (χ3v) is 15.0. The van der Waals surface area contributed by atoms with E-state index in [1.54, 1.807) is 0 Å². The van der Waals surface area contributed by atoms with Crippen molar-refractivity contribution in [1.82, 2.24) is 0 Å². The second-order valence-electron chi connectivity index (χ2n) is 22.8. The molecule has 0 spiro atoms. The van der Waals surface area contributed by atoms with Crippen molar-refractivity contribution in [2.45, 2.75) is 309 Å². The second-order valence-corrected chi connectivity index (χ2v) is 24.2. The number of carbonyl (C=O) groups is 2. The predicted molar refractivity (Wildman–Crippen MR) is 319 cm³/mol. The number of phosphoric acid groups is 1. The highest BCUT2D eigenvalue weighted by atomic mass is 31.2. The molecule has 0 saturated heterocycles. The maximum Gasteiger partial charge on any atom is 0.306 e. The minimum absolute atomic E-state index is 0.0305. The molecule has 0 heterocycles. The van der Waals surface area contributed by atoms with E-state index in [9.17, 15) is 19.0 Å². The molecule has 0 fully saturated rings. The van der Waals surface area contributed by atoms with Crippen molar-refractivity contribution in [3.05, 3.63) is 48.6 Å². The van der Waals surface area contributed by atoms with Crippen LogP contribution in [0.2, 0.25) is 0 Å². The summed E-state index contributed by atoms with van der Waals surface area (Å²) in [6.45, 7) is 4.26. The van der Waals surface area contributed by atoms with Crippen molar-refractivity contribution in [2.75, 3.05) is 47.5 Å². The molecule has 0 rings (SSSR count). The Labute approximate surface area is 464 Å². The molecule has 0 aliphatic heterocycles. The molecule has 0 aliphatic rings. The zero-order valence-corrected chi connectivity index (χ0v) is 50.9. The molecule has 0 aliphatic carbocycles. The lowest BCUT2D eigenvalue weighted by atomic mass is 10.0. The summed E-state index contributed by atoms with van der Waals surface area (Å²) in [6.07, 6.45) is 71.7. The predicted octanol–water partition coefficient (Wildman–Crippen LogP) is 19.5. The van der Waals surface area contributed by atoms with E-state index in [-0.39, 0.29) is 32.0 Å². The van der Waals surface area contributed by atoms with Gasteiger partial charge < -0.3 is 27.9 Å². The Hall–Kier alpha value is -2.03. The Morgan fingerprint density at radius 2 is 0.720 bits per heavy atom. The molecule has 0 aromatic carbocycles. The van der Waals surface area contributed by atoms with Gasteiger partial charge in [-0.15, -0.1) is 0 Å². The van der Waals surface area contributed by atoms with Gasteiger partial charge in [-0.1, -0.05) is 262 Å². The van der Waals surface area contributed by atoms with Crippen molar-refractivity contribution < 1.29 is 42.1 Å². The third-order valence-electron chi connectivity index (χ3n) is 14.1. The Morgan fingerprint density at radius 3 is 1.08 bits per heavy atom. The van der Waals surface area contributed by atoms with E-state index in [0.29, 0.717) is 17.4 Å². The van der Waals surface area contributed by atoms with Gasteiger partial charge in [-0.3, -0.25) is 14.2 Å². The van der Waals surface area contributed by atoms with Gasteiger partial charge in [0.1, 0.15) is 19.8 Å². The maximum absolute atomic E-state index is 12.8. The van der Waals surface area contributed by atoms with Crippen molar-refractivity contribution in [3.63, 3.8) is 0 Å². The largest absolute Gasteiger partial charge is 0.756 e. The standard InChI is InChI=1S/C65H122NO8P/c1-6-8-10-12-14-16-18-20-22-24-26-27-28-29-30-31-32-33-34-35-36-37-38-39-40-42-44-46-48-50-52-54-56-58-65(68)74-63(62-73-75(69,70)72-60-59-66(3,4)5)61-71-64(67)57-55-53-51-49-47-45-43-41-25-23-21-19-17-15-13-11-9-7-2/h18,20,23-26,28-29,63H,6-17,19,21-22,27,30-62H2,1-5H3/b20-18-,25-23-,26-24-,29-28-. The number of allylic oxidation sites excluding steroid dienone is 8. The van der Waals surface area contributed by atoms with Crippen LogP contribution >= 0.6 is 7.82 Å². The van der Waals surface area contributed by atoms with Crippen LogP contribution in [0.15, 0.2) is 48.6 Å². The Bertz CT molecular complexity index is 1410. The van der Waals surface area contributed by atoms with Gasteiger partial charge in [0.25, 0.3) is 7.82 Å². The molecule has 0 saturated carbocycles. The zero-order valence-electron chi connectivity index (χ0n) is 50.0. The first-order chi connectivity index (χ1) is 36.5. The Balaban J connectivity index is 4.03. The molecule has 0 bridgehead atoms. The molecule has 9 nitrogen and oxygen atoms in total. The summed E-state index contributed by atoms with van der Waals surface area (Å²) in [6, 6.07) is 0. The highest BCUT2D eigenvalue weighted by molar-refractivity contribution is 7.45. The molecule has 0 aromatic rings. The summed E-state index contributed by atoms with van der Waals surface area (Å²) in [5.74, 6) is -0.826. The normalized spacial score (nSPS) is 13.5. The first-order valence-electron chi connectivity index (χ1n) is 31.8. The molecular formula is C65H122NO8P. The van der Waals surface area contributed by atoms with Crippen LogP contribution in [-0.4, -0.2) is 70.0 Å². The molecule has 75 heavy (non-hydrogen) atoms. The number of hydrogen-bond acceptors (Lipinski definition) is 8. The molecule has 0 N–H and O–H groups in total. The average molecular weight is 1080 g/mol. The van der Waals surface area contributed by atoms with Crippen LogP contribution in [0.4, 0.5) is 0 Å². The van der Waals surface area contributed by atoms with E-state index in [0.717, 1.165) is 64.2 Å². The lowest BCUT2D eigenvalue weighted by molar-refractivity contribution is -0.870. The molecule has 2 atom stereocenters. The van der Waals surface area contributed by atoms with E-state index in [1.165, 1.54) is 205 Å². The quantitative estimate of drug-likeness (QED) is 0.0195. The minimum atomic E-state index is -4.64. The minimum Gasteiger partial charge on any atom is -0.756 e. The van der Waals surface area contributed by atoms with E-state index in [4.69, 9.17) is 18.5 Å². The average Bonchev–Trinajstić information content (AvgIpc) is 3.37. The first kappa shape index (κ1) is 73.0. The van der Waals surface area contributed by atoms with Crippen molar-refractivity contribution in [3.8, 4) is 0 Å². The molecule has 0 amide bonds. The number of likely N-dealkylation sites (N-methyl/N-ethyl adjacent to an activating group) is 1. The summed E-state index contributed by atoms with van der Waals surface area (Å²) >= 11 is 0. The number of ether oxygens (including phenoxy) is 2. The number of phosphoric ester groups is 1. The van der Waals surface area contributed by atoms with Gasteiger partial charge in [0.05, 0.1) is 27.7 Å². The van der Waals surface area contributed by atoms with Crippen LogP contribution in [0, 0.1) is 0 Å². The molecule has 10 heteroatoms. The van der Waals surface area contributed by atoms with Crippen LogP contribution in [0.5, 0.6) is 0 Å². The van der Waals surface area contributed by atoms with Gasteiger partial charge >= 0.3 is 11.9 Å². The number of nitrogens with zero attached hydrogens (tertiary/aromatic N) is 1. The summed E-state index contributed by atoms with van der Waals surface area (Å²) in [7, 11) is 1.17. The molecule has 0 aromatic heterocycles. The van der Waals surface area contributed by atoms with Crippen LogP contribution in [-0.2, 0) is 32.7 Å². The summed E-state index contributed by atoms with van der Waals surface area (Å²) in [4.78, 5) is 37.9. The van der Waals surface area contributed by atoms with E-state index < -0.39 is 26.5 Å². The van der Waals surface area contributed by atoms with Gasteiger partial charge in [-0.25, -0.2) is 0 Å². The lowest BCUT2D eigenvalue weighted by Gasteiger charge is -2.28. The molecule has 440 valence electrons. The number of rotatable bonds is 59. The maximum atomic E-state index is 12.8. The molecule has 2 unspecified atom stereocenters. The van der Waals surface area contributed by atoms with Crippen LogP contribution in [0.3, 0.4) is 0 Å². The zero-order chi connectivity index (χ0) is 54.9. The summed E-state index contributed by atoms with van der Waals surface area (Å²) in [5, 5.41) is 0. The van der Waals surface area contributed by atoms with Crippen LogP contribution in [0.25, 0.3) is 0 Å². The van der Waals surface area contributed by atoms with Gasteiger partial charge in [-0.05, 0) is 77.0 Å². The van der Waals surface area contributed by atoms with Crippen LogP contribution < -0.4 is 4.89 Å².